The third kappa shape index (κ3) is 4.76. The number of nitrogens with zero attached hydrogens (tertiary/aromatic N) is 1. The molecule has 2 aromatic carbocycles. The Labute approximate surface area is 193 Å². The summed E-state index contributed by atoms with van der Waals surface area (Å²) in [6.07, 6.45) is 1.26. The second-order valence-electron chi connectivity index (χ2n) is 6.90. The molecule has 0 saturated carbocycles. The van der Waals surface area contributed by atoms with Crippen LogP contribution in [0.2, 0.25) is 10.0 Å². The first-order valence-corrected chi connectivity index (χ1v) is 10.1. The smallest absolute Gasteiger partial charge is 0.343 e. The molecule has 0 aliphatic carbocycles. The highest BCUT2D eigenvalue weighted by Gasteiger charge is 2.37. The van der Waals surface area contributed by atoms with Crippen molar-refractivity contribution in [3.8, 4) is 5.75 Å². The summed E-state index contributed by atoms with van der Waals surface area (Å²) in [5, 5.41) is 2.27. The summed E-state index contributed by atoms with van der Waals surface area (Å²) >= 11 is 12.4. The van der Waals surface area contributed by atoms with E-state index in [2.05, 4.69) is 10.1 Å². The molecule has 1 N–H and O–H groups in total. The highest BCUT2D eigenvalue weighted by atomic mass is 35.5. The Bertz CT molecular complexity index is 1150. The number of rotatable bonds is 5. The van der Waals surface area contributed by atoms with Crippen molar-refractivity contribution in [2.45, 2.75) is 13.8 Å². The summed E-state index contributed by atoms with van der Waals surface area (Å²) in [5.74, 6) is -2.21. The van der Waals surface area contributed by atoms with Crippen molar-refractivity contribution in [2.75, 3.05) is 18.6 Å². The lowest BCUT2D eigenvalue weighted by Crippen LogP contribution is -2.54. The Morgan fingerprint density at radius 3 is 2.31 bits per heavy atom. The molecule has 4 amide bonds. The van der Waals surface area contributed by atoms with Crippen LogP contribution in [0.4, 0.5) is 10.5 Å². The lowest BCUT2D eigenvalue weighted by atomic mass is 10.0. The number of amides is 4. The summed E-state index contributed by atoms with van der Waals surface area (Å²) in [5.41, 5.74) is 2.24. The maximum Gasteiger partial charge on any atom is 0.343 e. The van der Waals surface area contributed by atoms with Gasteiger partial charge in [0.2, 0.25) is 0 Å². The first-order valence-electron chi connectivity index (χ1n) is 9.29. The van der Waals surface area contributed by atoms with Crippen molar-refractivity contribution >= 4 is 58.8 Å². The summed E-state index contributed by atoms with van der Waals surface area (Å²) in [7, 11) is 1.21. The zero-order valence-electron chi connectivity index (χ0n) is 17.3. The van der Waals surface area contributed by atoms with Crippen molar-refractivity contribution in [3.05, 3.63) is 62.6 Å². The van der Waals surface area contributed by atoms with Gasteiger partial charge in [-0.3, -0.25) is 14.9 Å². The molecule has 32 heavy (non-hydrogen) atoms. The minimum Gasteiger partial charge on any atom is -0.479 e. The van der Waals surface area contributed by atoms with Crippen molar-refractivity contribution in [3.63, 3.8) is 0 Å². The van der Waals surface area contributed by atoms with E-state index < -0.39 is 30.4 Å². The monoisotopic (exact) mass is 476 g/mol. The number of methoxy groups -OCH3 is 1. The van der Waals surface area contributed by atoms with Gasteiger partial charge in [-0.05, 0) is 60.9 Å². The standard InChI is InChI=1S/C22H18Cl2N2O6/c1-11-4-5-14(6-12(11)2)26-21(29)15(20(28)25-22(26)30)7-13-8-16(23)19(17(24)9-13)32-10-18(27)31-3/h4-9H,10H2,1-3H3,(H,25,28,30)/b15-7+. The molecular weight excluding hydrogens is 459 g/mol. The Morgan fingerprint density at radius 1 is 1.06 bits per heavy atom. The van der Waals surface area contributed by atoms with Crippen LogP contribution >= 0.6 is 23.2 Å². The predicted molar refractivity (Wildman–Crippen MR) is 119 cm³/mol. The molecule has 3 rings (SSSR count). The summed E-state index contributed by atoms with van der Waals surface area (Å²) in [6, 6.07) is 7.05. The average Bonchev–Trinajstić information content (AvgIpc) is 2.72. The molecule has 1 fully saturated rings. The second kappa shape index (κ2) is 9.42. The molecule has 1 heterocycles. The number of carbonyl (C=O) groups is 4. The van der Waals surface area contributed by atoms with E-state index in [1.807, 2.05) is 13.8 Å². The first kappa shape index (κ1) is 23.3. The molecule has 0 spiro atoms. The van der Waals surface area contributed by atoms with Crippen LogP contribution in [0.5, 0.6) is 5.75 Å². The van der Waals surface area contributed by atoms with E-state index in [1.165, 1.54) is 25.3 Å². The molecule has 10 heteroatoms. The van der Waals surface area contributed by atoms with Crippen LogP contribution in [-0.4, -0.2) is 37.5 Å². The number of benzene rings is 2. The summed E-state index contributed by atoms with van der Waals surface area (Å²) in [4.78, 5) is 49.9. The SMILES string of the molecule is COC(=O)COc1c(Cl)cc(/C=C2\C(=O)NC(=O)N(c3ccc(C)c(C)c3)C2=O)cc1Cl. The number of urea groups is 1. The van der Waals surface area contributed by atoms with Gasteiger partial charge in [0.05, 0.1) is 22.8 Å². The minimum atomic E-state index is -0.849. The summed E-state index contributed by atoms with van der Waals surface area (Å²) in [6.45, 7) is 3.35. The molecule has 2 aromatic rings. The van der Waals surface area contributed by atoms with Crippen LogP contribution in [0, 0.1) is 13.8 Å². The van der Waals surface area contributed by atoms with Gasteiger partial charge in [0.25, 0.3) is 11.8 Å². The van der Waals surface area contributed by atoms with Gasteiger partial charge in [-0.1, -0.05) is 29.3 Å². The van der Waals surface area contributed by atoms with E-state index in [1.54, 1.807) is 18.2 Å². The molecule has 0 radical (unpaired) electrons. The van der Waals surface area contributed by atoms with Crippen LogP contribution in [-0.2, 0) is 19.1 Å². The van der Waals surface area contributed by atoms with E-state index in [4.69, 9.17) is 27.9 Å². The molecule has 1 aliphatic rings. The van der Waals surface area contributed by atoms with Crippen LogP contribution in [0.15, 0.2) is 35.9 Å². The van der Waals surface area contributed by atoms with E-state index >= 15 is 0 Å². The van der Waals surface area contributed by atoms with Gasteiger partial charge in [0.1, 0.15) is 5.57 Å². The number of halogens is 2. The van der Waals surface area contributed by atoms with Gasteiger partial charge in [0.15, 0.2) is 12.4 Å². The zero-order chi connectivity index (χ0) is 23.6. The van der Waals surface area contributed by atoms with Crippen LogP contribution < -0.4 is 15.0 Å². The molecule has 166 valence electrons. The summed E-state index contributed by atoms with van der Waals surface area (Å²) < 4.78 is 9.75. The van der Waals surface area contributed by atoms with Crippen molar-refractivity contribution in [2.24, 2.45) is 0 Å². The molecule has 0 bridgehead atoms. The number of aryl methyl sites for hydroxylation is 2. The van der Waals surface area contributed by atoms with Crippen molar-refractivity contribution in [1.29, 1.82) is 0 Å². The van der Waals surface area contributed by atoms with E-state index in [9.17, 15) is 19.2 Å². The Kier molecular flexibility index (Phi) is 6.86. The number of barbiturate groups is 1. The third-order valence-electron chi connectivity index (χ3n) is 4.74. The molecule has 1 aliphatic heterocycles. The highest BCUT2D eigenvalue weighted by molar-refractivity contribution is 6.40. The molecule has 1 saturated heterocycles. The number of ether oxygens (including phenoxy) is 2. The number of esters is 1. The van der Waals surface area contributed by atoms with Gasteiger partial charge >= 0.3 is 12.0 Å². The second-order valence-corrected chi connectivity index (χ2v) is 7.72. The van der Waals surface area contributed by atoms with Crippen molar-refractivity contribution < 1.29 is 28.7 Å². The topological polar surface area (TPSA) is 102 Å². The van der Waals surface area contributed by atoms with Crippen LogP contribution in [0.1, 0.15) is 16.7 Å². The minimum absolute atomic E-state index is 0.0484. The van der Waals surface area contributed by atoms with Crippen LogP contribution in [0.3, 0.4) is 0 Å². The fraction of sp³-hybridized carbons (Fsp3) is 0.182. The predicted octanol–water partition coefficient (Wildman–Crippen LogP) is 3.83. The van der Waals surface area contributed by atoms with Crippen molar-refractivity contribution in [1.82, 2.24) is 5.32 Å². The highest BCUT2D eigenvalue weighted by Crippen LogP contribution is 2.35. The third-order valence-corrected chi connectivity index (χ3v) is 5.31. The van der Waals surface area contributed by atoms with E-state index in [0.717, 1.165) is 16.0 Å². The maximum absolute atomic E-state index is 13.0. The number of nitrogens with one attached hydrogen (secondary N) is 1. The molecule has 0 unspecified atom stereocenters. The molecule has 0 aromatic heterocycles. The Morgan fingerprint density at radius 2 is 1.72 bits per heavy atom. The van der Waals surface area contributed by atoms with Crippen LogP contribution in [0.25, 0.3) is 6.08 Å². The average molecular weight is 477 g/mol. The Balaban J connectivity index is 1.95. The zero-order valence-corrected chi connectivity index (χ0v) is 18.8. The number of carbonyl (C=O) groups excluding carboxylic acids is 4. The number of anilines is 1. The largest absolute Gasteiger partial charge is 0.479 e. The molecular formula is C22H18Cl2N2O6. The molecule has 8 nitrogen and oxygen atoms in total. The van der Waals surface area contributed by atoms with E-state index in [0.29, 0.717) is 11.3 Å². The number of imide groups is 2. The normalized spacial score (nSPS) is 15.1. The fourth-order valence-electron chi connectivity index (χ4n) is 2.91. The van der Waals surface area contributed by atoms with E-state index in [-0.39, 0.29) is 21.4 Å². The van der Waals surface area contributed by atoms with Gasteiger partial charge in [-0.15, -0.1) is 0 Å². The first-order chi connectivity index (χ1) is 15.1. The number of hydrogen-bond acceptors (Lipinski definition) is 6. The fourth-order valence-corrected chi connectivity index (χ4v) is 3.53. The van der Waals surface area contributed by atoms with Gasteiger partial charge in [-0.25, -0.2) is 14.5 Å². The quantitative estimate of drug-likeness (QED) is 0.399. The Hall–Kier alpha value is -3.36. The maximum atomic E-state index is 13.0. The van der Waals surface area contributed by atoms with Gasteiger partial charge < -0.3 is 9.47 Å². The number of hydrogen-bond donors (Lipinski definition) is 1. The van der Waals surface area contributed by atoms with Gasteiger partial charge in [-0.2, -0.15) is 0 Å². The lowest BCUT2D eigenvalue weighted by molar-refractivity contribution is -0.143. The van der Waals surface area contributed by atoms with Gasteiger partial charge in [0, 0.05) is 0 Å². The molecule has 0 atom stereocenters. The lowest BCUT2D eigenvalue weighted by Gasteiger charge is -2.27.